The summed E-state index contributed by atoms with van der Waals surface area (Å²) in [5.74, 6) is -1.49. The van der Waals surface area contributed by atoms with E-state index in [1.54, 1.807) is 4.90 Å². The van der Waals surface area contributed by atoms with Crippen molar-refractivity contribution in [2.75, 3.05) is 33.2 Å². The fourth-order valence-electron chi connectivity index (χ4n) is 2.47. The average Bonchev–Trinajstić information content (AvgIpc) is 2.41. The molecular weight excluding hydrogens is 264 g/mol. The monoisotopic (exact) mass is 283 g/mol. The number of hydrogen-bond acceptors (Lipinski definition) is 3. The van der Waals surface area contributed by atoms with Crippen molar-refractivity contribution in [3.8, 4) is 0 Å². The third-order valence-corrected chi connectivity index (χ3v) is 3.64. The van der Waals surface area contributed by atoms with Gasteiger partial charge in [-0.3, -0.25) is 4.79 Å². The molecule has 0 bridgehead atoms. The Morgan fingerprint density at radius 1 is 1.40 bits per heavy atom. The highest BCUT2D eigenvalue weighted by Gasteiger charge is 2.28. The highest BCUT2D eigenvalue weighted by molar-refractivity contribution is 5.79. The number of amides is 1. The molecule has 2 N–H and O–H groups in total. The lowest BCUT2D eigenvalue weighted by Gasteiger charge is -2.39. The lowest BCUT2D eigenvalue weighted by Crippen LogP contribution is -2.57. The van der Waals surface area contributed by atoms with E-state index in [0.29, 0.717) is 19.6 Å². The van der Waals surface area contributed by atoms with Gasteiger partial charge in [-0.2, -0.15) is 0 Å². The molecule has 110 valence electrons. The highest BCUT2D eigenvalue weighted by atomic mass is 19.1. The first-order chi connectivity index (χ1) is 9.51. The van der Waals surface area contributed by atoms with Gasteiger partial charge >= 0.3 is 0 Å². The van der Waals surface area contributed by atoms with Crippen LogP contribution in [0.15, 0.2) is 18.2 Å². The van der Waals surface area contributed by atoms with Crippen LogP contribution in [0, 0.1) is 11.6 Å². The maximum atomic E-state index is 13.6. The van der Waals surface area contributed by atoms with E-state index in [2.05, 4.69) is 4.90 Å². The summed E-state index contributed by atoms with van der Waals surface area (Å²) in [6, 6.07) is 3.23. The third-order valence-electron chi connectivity index (χ3n) is 3.64. The Morgan fingerprint density at radius 3 is 2.80 bits per heavy atom. The van der Waals surface area contributed by atoms with E-state index < -0.39 is 11.6 Å². The molecule has 1 aliphatic heterocycles. The average molecular weight is 283 g/mol. The Morgan fingerprint density at radius 2 is 2.15 bits per heavy atom. The van der Waals surface area contributed by atoms with Crippen molar-refractivity contribution in [3.63, 3.8) is 0 Å². The molecule has 0 saturated carbocycles. The van der Waals surface area contributed by atoms with Crippen LogP contribution < -0.4 is 5.73 Å². The van der Waals surface area contributed by atoms with E-state index in [1.807, 2.05) is 7.05 Å². The second-order valence-electron chi connectivity index (χ2n) is 5.15. The number of likely N-dealkylation sites (N-methyl/N-ethyl adjacent to an activating group) is 1. The fourth-order valence-corrected chi connectivity index (χ4v) is 2.47. The minimum absolute atomic E-state index is 0.0511. The van der Waals surface area contributed by atoms with E-state index in [-0.39, 0.29) is 23.9 Å². The van der Waals surface area contributed by atoms with Crippen molar-refractivity contribution in [2.45, 2.75) is 12.5 Å². The number of benzene rings is 1. The first-order valence-electron chi connectivity index (χ1n) is 6.63. The van der Waals surface area contributed by atoms with Gasteiger partial charge in [0.25, 0.3) is 0 Å². The van der Waals surface area contributed by atoms with Crippen LogP contribution in [-0.4, -0.2) is 55.0 Å². The summed E-state index contributed by atoms with van der Waals surface area (Å²) in [6.07, 6.45) is -0.0632. The number of carbonyl (C=O) groups is 1. The van der Waals surface area contributed by atoms with Crippen LogP contribution in [0.4, 0.5) is 8.78 Å². The zero-order valence-corrected chi connectivity index (χ0v) is 11.5. The van der Waals surface area contributed by atoms with Crippen molar-refractivity contribution < 1.29 is 13.6 Å². The molecule has 0 spiro atoms. The smallest absolute Gasteiger partial charge is 0.227 e. The van der Waals surface area contributed by atoms with E-state index >= 15 is 0 Å². The van der Waals surface area contributed by atoms with E-state index in [0.717, 1.165) is 18.7 Å². The lowest BCUT2D eigenvalue weighted by molar-refractivity contribution is -0.134. The van der Waals surface area contributed by atoms with Gasteiger partial charge in [0.15, 0.2) is 0 Å². The van der Waals surface area contributed by atoms with Crippen molar-refractivity contribution in [2.24, 2.45) is 5.73 Å². The van der Waals surface area contributed by atoms with Crippen molar-refractivity contribution >= 4 is 5.91 Å². The lowest BCUT2D eigenvalue weighted by atomic mass is 10.1. The van der Waals surface area contributed by atoms with Gasteiger partial charge in [-0.05, 0) is 18.7 Å². The van der Waals surface area contributed by atoms with Gasteiger partial charge in [0, 0.05) is 32.2 Å². The Hall–Kier alpha value is -1.53. The van der Waals surface area contributed by atoms with Gasteiger partial charge in [-0.1, -0.05) is 6.07 Å². The second-order valence-corrected chi connectivity index (χ2v) is 5.15. The number of halogens is 2. The number of hydrogen-bond donors (Lipinski definition) is 1. The predicted molar refractivity (Wildman–Crippen MR) is 72.1 cm³/mol. The van der Waals surface area contributed by atoms with Crippen molar-refractivity contribution in [1.29, 1.82) is 0 Å². The van der Waals surface area contributed by atoms with Gasteiger partial charge < -0.3 is 15.5 Å². The number of nitrogens with two attached hydrogens (primary N) is 1. The van der Waals surface area contributed by atoms with Gasteiger partial charge in [-0.15, -0.1) is 0 Å². The molecule has 4 nitrogen and oxygen atoms in total. The molecule has 1 aromatic carbocycles. The number of carbonyl (C=O) groups excluding carboxylic acids is 1. The Bertz CT molecular complexity index is 495. The van der Waals surface area contributed by atoms with Crippen LogP contribution in [0.2, 0.25) is 0 Å². The summed E-state index contributed by atoms with van der Waals surface area (Å²) in [7, 11) is 1.98. The second kappa shape index (κ2) is 6.28. The van der Waals surface area contributed by atoms with Crippen LogP contribution in [0.25, 0.3) is 0 Å². The molecule has 1 amide bonds. The van der Waals surface area contributed by atoms with Gasteiger partial charge in [0.05, 0.1) is 12.5 Å². The largest absolute Gasteiger partial charge is 0.336 e. The quantitative estimate of drug-likeness (QED) is 0.884. The van der Waals surface area contributed by atoms with Crippen LogP contribution in [0.3, 0.4) is 0 Å². The SMILES string of the molecule is CN1CCN(C(=O)Cc2ccc(F)cc2F)C(CN)C1. The van der Waals surface area contributed by atoms with Crippen LogP contribution in [0.5, 0.6) is 0 Å². The fraction of sp³-hybridized carbons (Fsp3) is 0.500. The number of rotatable bonds is 3. The number of nitrogens with zero attached hydrogens (tertiary/aromatic N) is 2. The normalized spacial score (nSPS) is 20.2. The van der Waals surface area contributed by atoms with Gasteiger partial charge in [-0.25, -0.2) is 8.78 Å². The van der Waals surface area contributed by atoms with Crippen LogP contribution in [0.1, 0.15) is 5.56 Å². The highest BCUT2D eigenvalue weighted by Crippen LogP contribution is 2.14. The molecule has 2 rings (SSSR count). The topological polar surface area (TPSA) is 49.6 Å². The molecule has 0 radical (unpaired) electrons. The maximum absolute atomic E-state index is 13.6. The minimum atomic E-state index is -0.684. The molecule has 1 atom stereocenters. The molecule has 1 aliphatic rings. The molecule has 1 fully saturated rings. The maximum Gasteiger partial charge on any atom is 0.227 e. The van der Waals surface area contributed by atoms with Crippen molar-refractivity contribution in [1.82, 2.24) is 9.80 Å². The van der Waals surface area contributed by atoms with Crippen LogP contribution >= 0.6 is 0 Å². The minimum Gasteiger partial charge on any atom is -0.336 e. The van der Waals surface area contributed by atoms with Crippen LogP contribution in [-0.2, 0) is 11.2 Å². The Kier molecular flexibility index (Phi) is 4.67. The molecule has 1 heterocycles. The van der Waals surface area contributed by atoms with E-state index in [9.17, 15) is 13.6 Å². The standard InChI is InChI=1S/C14H19F2N3O/c1-18-4-5-19(12(8-17)9-18)14(20)6-10-2-3-11(15)7-13(10)16/h2-3,7,12H,4-6,8-9,17H2,1H3. The first kappa shape index (κ1) is 14.9. The number of piperazine rings is 1. The first-order valence-corrected chi connectivity index (χ1v) is 6.63. The molecule has 1 saturated heterocycles. The Balaban J connectivity index is 2.07. The summed E-state index contributed by atoms with van der Waals surface area (Å²) < 4.78 is 26.4. The predicted octanol–water partition coefficient (Wildman–Crippen LogP) is 0.609. The molecule has 0 aromatic heterocycles. The summed E-state index contributed by atoms with van der Waals surface area (Å²) >= 11 is 0. The van der Waals surface area contributed by atoms with Gasteiger partial charge in [0.2, 0.25) is 5.91 Å². The summed E-state index contributed by atoms with van der Waals surface area (Å²) in [6.45, 7) is 2.45. The van der Waals surface area contributed by atoms with E-state index in [4.69, 9.17) is 5.73 Å². The van der Waals surface area contributed by atoms with Gasteiger partial charge in [0.1, 0.15) is 11.6 Å². The zero-order valence-electron chi connectivity index (χ0n) is 11.5. The summed E-state index contributed by atoms with van der Waals surface area (Å²) in [5.41, 5.74) is 5.91. The molecule has 6 heteroatoms. The molecular formula is C14H19F2N3O. The molecule has 20 heavy (non-hydrogen) atoms. The third kappa shape index (κ3) is 3.32. The molecule has 1 unspecified atom stereocenters. The Labute approximate surface area is 117 Å². The van der Waals surface area contributed by atoms with Crippen molar-refractivity contribution in [3.05, 3.63) is 35.4 Å². The molecule has 1 aromatic rings. The summed E-state index contributed by atoms with van der Waals surface area (Å²) in [4.78, 5) is 16.1. The van der Waals surface area contributed by atoms with E-state index in [1.165, 1.54) is 6.07 Å². The molecule has 0 aliphatic carbocycles. The summed E-state index contributed by atoms with van der Waals surface area (Å²) in [5, 5.41) is 0. The zero-order chi connectivity index (χ0) is 14.7.